The van der Waals surface area contributed by atoms with Gasteiger partial charge in [-0.25, -0.2) is 4.39 Å². The molecule has 0 aliphatic heterocycles. The van der Waals surface area contributed by atoms with Crippen LogP contribution in [0.3, 0.4) is 0 Å². The lowest BCUT2D eigenvalue weighted by Crippen LogP contribution is -2.23. The van der Waals surface area contributed by atoms with E-state index in [0.29, 0.717) is 22.6 Å². The Hall–Kier alpha value is -3.43. The third kappa shape index (κ3) is 4.12. The van der Waals surface area contributed by atoms with Gasteiger partial charge in [-0.2, -0.15) is 0 Å². The van der Waals surface area contributed by atoms with Gasteiger partial charge in [-0.1, -0.05) is 12.1 Å². The van der Waals surface area contributed by atoms with E-state index in [9.17, 15) is 17.9 Å². The third-order valence-corrected chi connectivity index (χ3v) is 5.70. The second-order valence-corrected chi connectivity index (χ2v) is 8.79. The lowest BCUT2D eigenvalue weighted by Gasteiger charge is -2.09. The normalized spacial score (nSPS) is 13.2. The molecule has 7 nitrogen and oxygen atoms in total. The molecule has 2 aromatic carbocycles. The molecule has 2 heterocycles. The minimum atomic E-state index is -3.30. The number of nitrogens with zero attached hydrogens (tertiary/aromatic N) is 3. The van der Waals surface area contributed by atoms with Gasteiger partial charge in [0.15, 0.2) is 16.4 Å². The zero-order valence-corrected chi connectivity index (χ0v) is 16.7. The Kier molecular flexibility index (Phi) is 5.15. The molecule has 0 fully saturated rings. The monoisotopic (exact) mass is 424 g/mol. The number of fused-ring (bicyclic) bond motifs is 1. The summed E-state index contributed by atoms with van der Waals surface area (Å²) in [6, 6.07) is 15.5. The molecule has 4 rings (SSSR count). The molecule has 1 N–H and O–H groups in total. The standard InChI is InChI=1S/C21H17FN4O3S/c1-30(28,29)18-9-4-15(5-10-18)20-25-24-19-11-6-16(13-26(19)20)21(27)23-12-14-2-7-17(22)8-3-14/h2-11,13H,12H2,1H3,(H-,23,27,28,29). The number of benzene rings is 2. The summed E-state index contributed by atoms with van der Waals surface area (Å²) < 4.78 is 38.0. The molecule has 1 atom stereocenters. The van der Waals surface area contributed by atoms with Crippen LogP contribution < -0.4 is 5.32 Å². The van der Waals surface area contributed by atoms with Crippen LogP contribution in [0.25, 0.3) is 17.0 Å². The van der Waals surface area contributed by atoms with Crippen molar-refractivity contribution in [2.24, 2.45) is 0 Å². The Morgan fingerprint density at radius 1 is 1.07 bits per heavy atom. The van der Waals surface area contributed by atoms with Crippen molar-refractivity contribution in [3.05, 3.63) is 83.8 Å². The van der Waals surface area contributed by atoms with Crippen LogP contribution in [-0.4, -0.2) is 31.3 Å². The van der Waals surface area contributed by atoms with Gasteiger partial charge in [-0.05, 0) is 54.1 Å². The number of hydrogen-bond donors (Lipinski definition) is 1. The van der Waals surface area contributed by atoms with Crippen molar-refractivity contribution in [3.8, 4) is 11.4 Å². The number of nitrogens with one attached hydrogen (secondary N) is 1. The van der Waals surface area contributed by atoms with Gasteiger partial charge in [0, 0.05) is 18.3 Å². The minimum absolute atomic E-state index is 0.209. The first-order valence-corrected chi connectivity index (χ1v) is 10.9. The van der Waals surface area contributed by atoms with E-state index in [-0.39, 0.29) is 23.2 Å². The summed E-state index contributed by atoms with van der Waals surface area (Å²) in [5.74, 6) is -0.147. The fourth-order valence-electron chi connectivity index (χ4n) is 2.96. The predicted molar refractivity (Wildman–Crippen MR) is 109 cm³/mol. The van der Waals surface area contributed by atoms with Gasteiger partial charge in [0.05, 0.1) is 15.8 Å². The Morgan fingerprint density at radius 2 is 1.77 bits per heavy atom. The minimum Gasteiger partial charge on any atom is -0.610 e. The number of hydrogen-bond acceptors (Lipinski definition) is 5. The van der Waals surface area contributed by atoms with Gasteiger partial charge in [-0.3, -0.25) is 9.20 Å². The first-order chi connectivity index (χ1) is 14.3. The largest absolute Gasteiger partial charge is 0.610 e. The molecule has 0 radical (unpaired) electrons. The van der Waals surface area contributed by atoms with Crippen LogP contribution in [0.2, 0.25) is 0 Å². The van der Waals surface area contributed by atoms with Gasteiger partial charge >= 0.3 is 0 Å². The van der Waals surface area contributed by atoms with E-state index < -0.39 is 10.2 Å². The average Bonchev–Trinajstić information content (AvgIpc) is 3.16. The molecule has 1 amide bonds. The number of aromatic nitrogens is 3. The maximum absolute atomic E-state index is 13.0. The lowest BCUT2D eigenvalue weighted by atomic mass is 10.2. The lowest BCUT2D eigenvalue weighted by molar-refractivity contribution is 0.0950. The molecule has 0 spiro atoms. The maximum atomic E-state index is 13.0. The maximum Gasteiger partial charge on any atom is 0.253 e. The molecule has 0 aliphatic rings. The zero-order chi connectivity index (χ0) is 21.3. The molecule has 152 valence electrons. The molecule has 30 heavy (non-hydrogen) atoms. The molecule has 2 aromatic heterocycles. The number of carbonyl (C=O) groups excluding carboxylic acids is 1. The Labute approximate surface area is 172 Å². The highest BCUT2D eigenvalue weighted by atomic mass is 32.3. The molecule has 0 saturated heterocycles. The molecule has 9 heteroatoms. The number of carbonyl (C=O) groups is 1. The van der Waals surface area contributed by atoms with Crippen LogP contribution in [0.15, 0.2) is 71.8 Å². The van der Waals surface area contributed by atoms with E-state index in [1.807, 2.05) is 0 Å². The average molecular weight is 424 g/mol. The first-order valence-electron chi connectivity index (χ1n) is 8.99. The van der Waals surface area contributed by atoms with Crippen LogP contribution in [-0.2, 0) is 21.0 Å². The highest BCUT2D eigenvalue weighted by molar-refractivity contribution is 7.97. The number of amides is 1. The number of pyridine rings is 1. The van der Waals surface area contributed by atoms with E-state index >= 15 is 0 Å². The van der Waals surface area contributed by atoms with Crippen molar-refractivity contribution >= 4 is 21.8 Å². The van der Waals surface area contributed by atoms with Gasteiger partial charge in [0.1, 0.15) is 12.1 Å². The SMILES string of the molecule is C[S+](=O)([O-])c1ccc(-c2nnc3ccc(C(=O)NCc4ccc(F)cc4)cn23)cc1. The Morgan fingerprint density at radius 3 is 2.43 bits per heavy atom. The zero-order valence-electron chi connectivity index (χ0n) is 15.9. The molecule has 4 aromatic rings. The van der Waals surface area contributed by atoms with Gasteiger partial charge < -0.3 is 9.87 Å². The fourth-order valence-corrected chi connectivity index (χ4v) is 3.59. The van der Waals surface area contributed by atoms with Crippen LogP contribution in [0.4, 0.5) is 4.39 Å². The van der Waals surface area contributed by atoms with E-state index in [0.717, 1.165) is 11.8 Å². The van der Waals surface area contributed by atoms with Gasteiger partial charge in [0.2, 0.25) is 0 Å². The summed E-state index contributed by atoms with van der Waals surface area (Å²) in [7, 11) is -3.30. The van der Waals surface area contributed by atoms with E-state index in [1.165, 1.54) is 24.3 Å². The van der Waals surface area contributed by atoms with Crippen molar-refractivity contribution in [2.75, 3.05) is 6.26 Å². The van der Waals surface area contributed by atoms with Crippen LogP contribution in [0.5, 0.6) is 0 Å². The third-order valence-electron chi connectivity index (χ3n) is 4.57. The summed E-state index contributed by atoms with van der Waals surface area (Å²) in [6.07, 6.45) is 2.76. The van der Waals surface area contributed by atoms with E-state index in [4.69, 9.17) is 0 Å². The molecule has 0 bridgehead atoms. The van der Waals surface area contributed by atoms with Crippen molar-refractivity contribution in [2.45, 2.75) is 11.4 Å². The summed E-state index contributed by atoms with van der Waals surface area (Å²) in [5, 5.41) is 11.0. The van der Waals surface area contributed by atoms with Crippen molar-refractivity contribution in [3.63, 3.8) is 0 Å². The van der Waals surface area contributed by atoms with E-state index in [1.54, 1.807) is 47.0 Å². The molecular formula is C21H17FN4O3S. The second kappa shape index (κ2) is 7.77. The van der Waals surface area contributed by atoms with Gasteiger partial charge in [-0.15, -0.1) is 14.4 Å². The molecule has 0 aliphatic carbocycles. The Balaban J connectivity index is 1.58. The molecular weight excluding hydrogens is 407 g/mol. The number of rotatable bonds is 5. The van der Waals surface area contributed by atoms with E-state index in [2.05, 4.69) is 15.5 Å². The fraction of sp³-hybridized carbons (Fsp3) is 0.0952. The number of sulfone groups is 1. The van der Waals surface area contributed by atoms with Crippen molar-refractivity contribution < 1.29 is 17.9 Å². The number of halogens is 1. The quantitative estimate of drug-likeness (QED) is 0.497. The van der Waals surface area contributed by atoms with Crippen LogP contribution in [0.1, 0.15) is 15.9 Å². The van der Waals surface area contributed by atoms with Crippen molar-refractivity contribution in [1.29, 1.82) is 0 Å². The van der Waals surface area contributed by atoms with Crippen molar-refractivity contribution in [1.82, 2.24) is 19.9 Å². The van der Waals surface area contributed by atoms with Crippen LogP contribution >= 0.6 is 0 Å². The summed E-state index contributed by atoms with van der Waals surface area (Å²) in [5.41, 5.74) is 2.39. The highest BCUT2D eigenvalue weighted by Crippen LogP contribution is 2.22. The predicted octanol–water partition coefficient (Wildman–Crippen LogP) is 3.08. The highest BCUT2D eigenvalue weighted by Gasteiger charge is 2.15. The van der Waals surface area contributed by atoms with Gasteiger partial charge in [0.25, 0.3) is 5.91 Å². The second-order valence-electron chi connectivity index (χ2n) is 6.78. The summed E-state index contributed by atoms with van der Waals surface area (Å²) in [4.78, 5) is 12.8. The topological polar surface area (TPSA) is 99.4 Å². The smallest absolute Gasteiger partial charge is 0.253 e. The Bertz CT molecular complexity index is 1260. The molecule has 1 unspecified atom stereocenters. The summed E-state index contributed by atoms with van der Waals surface area (Å²) >= 11 is 0. The summed E-state index contributed by atoms with van der Waals surface area (Å²) in [6.45, 7) is 0.263. The first kappa shape index (κ1) is 19.9. The molecule has 0 saturated carbocycles. The van der Waals surface area contributed by atoms with Crippen LogP contribution in [0, 0.1) is 5.82 Å².